The lowest BCUT2D eigenvalue weighted by Crippen LogP contribution is -2.29. The van der Waals surface area contributed by atoms with Gasteiger partial charge >= 0.3 is 0 Å². The van der Waals surface area contributed by atoms with Crippen LogP contribution in [0.2, 0.25) is 0 Å². The van der Waals surface area contributed by atoms with Crippen molar-refractivity contribution in [2.24, 2.45) is 17.6 Å². The third-order valence-electron chi connectivity index (χ3n) is 3.09. The summed E-state index contributed by atoms with van der Waals surface area (Å²) in [6, 6.07) is 1.93. The highest BCUT2D eigenvalue weighted by Gasteiger charge is 2.31. The van der Waals surface area contributed by atoms with E-state index in [1.54, 1.807) is 11.3 Å². The Morgan fingerprint density at radius 2 is 2.47 bits per heavy atom. The van der Waals surface area contributed by atoms with Crippen molar-refractivity contribution in [3.05, 3.63) is 16.8 Å². The lowest BCUT2D eigenvalue weighted by molar-refractivity contribution is -0.120. The molecule has 1 aromatic rings. The molecule has 0 saturated heterocycles. The number of hydrogen-bond acceptors (Lipinski definition) is 3. The second-order valence-corrected chi connectivity index (χ2v) is 4.81. The molecule has 0 aromatic carbocycles. The van der Waals surface area contributed by atoms with Crippen molar-refractivity contribution in [3.8, 4) is 0 Å². The number of thiophene rings is 1. The molecule has 1 amide bonds. The summed E-state index contributed by atoms with van der Waals surface area (Å²) < 4.78 is 0. The van der Waals surface area contributed by atoms with Crippen molar-refractivity contribution in [1.82, 2.24) is 0 Å². The van der Waals surface area contributed by atoms with Gasteiger partial charge in [-0.15, -0.1) is 0 Å². The Kier molecular flexibility index (Phi) is 3.38. The topological polar surface area (TPSA) is 55.1 Å². The highest BCUT2D eigenvalue weighted by molar-refractivity contribution is 7.08. The van der Waals surface area contributed by atoms with Gasteiger partial charge < -0.3 is 11.1 Å². The molecule has 3 nitrogen and oxygen atoms in total. The molecule has 1 fully saturated rings. The first-order valence-electron chi connectivity index (χ1n) is 5.34. The molecular formula is C11H16N2OS. The van der Waals surface area contributed by atoms with E-state index in [9.17, 15) is 4.79 Å². The van der Waals surface area contributed by atoms with Crippen LogP contribution in [-0.4, -0.2) is 12.5 Å². The molecule has 1 heterocycles. The minimum Gasteiger partial charge on any atom is -0.330 e. The van der Waals surface area contributed by atoms with Gasteiger partial charge in [0.2, 0.25) is 5.91 Å². The highest BCUT2D eigenvalue weighted by Crippen LogP contribution is 2.31. The average Bonchev–Trinajstić information content (AvgIpc) is 2.86. The van der Waals surface area contributed by atoms with Crippen LogP contribution in [0.25, 0.3) is 0 Å². The average molecular weight is 224 g/mol. The molecule has 0 bridgehead atoms. The molecule has 15 heavy (non-hydrogen) atoms. The number of hydrogen-bond donors (Lipinski definition) is 2. The van der Waals surface area contributed by atoms with E-state index in [0.717, 1.165) is 24.9 Å². The van der Waals surface area contributed by atoms with E-state index in [1.807, 2.05) is 16.8 Å². The SMILES string of the molecule is NC[C@H]1CCC[C@H]1C(=O)Nc1ccsc1. The van der Waals surface area contributed by atoms with E-state index in [-0.39, 0.29) is 11.8 Å². The standard InChI is InChI=1S/C11H16N2OS/c12-6-8-2-1-3-10(8)11(14)13-9-4-5-15-7-9/h4-5,7-8,10H,1-3,6,12H2,(H,13,14)/t8-,10-/m1/s1. The van der Waals surface area contributed by atoms with Crippen molar-refractivity contribution in [2.75, 3.05) is 11.9 Å². The second-order valence-electron chi connectivity index (χ2n) is 4.03. The fourth-order valence-corrected chi connectivity index (χ4v) is 2.82. The third-order valence-corrected chi connectivity index (χ3v) is 3.77. The van der Waals surface area contributed by atoms with Gasteiger partial charge in [-0.3, -0.25) is 4.79 Å². The van der Waals surface area contributed by atoms with Crippen LogP contribution in [0.3, 0.4) is 0 Å². The Morgan fingerprint density at radius 3 is 3.13 bits per heavy atom. The zero-order chi connectivity index (χ0) is 10.7. The zero-order valence-electron chi connectivity index (χ0n) is 8.61. The van der Waals surface area contributed by atoms with Crippen molar-refractivity contribution in [1.29, 1.82) is 0 Å². The molecule has 1 aliphatic rings. The summed E-state index contributed by atoms with van der Waals surface area (Å²) >= 11 is 1.59. The number of carbonyl (C=O) groups is 1. The van der Waals surface area contributed by atoms with Crippen LogP contribution < -0.4 is 11.1 Å². The highest BCUT2D eigenvalue weighted by atomic mass is 32.1. The molecule has 2 rings (SSSR count). The molecule has 0 spiro atoms. The van der Waals surface area contributed by atoms with Gasteiger partial charge in [0.1, 0.15) is 0 Å². The summed E-state index contributed by atoms with van der Waals surface area (Å²) in [7, 11) is 0. The molecule has 0 unspecified atom stereocenters. The van der Waals surface area contributed by atoms with Gasteiger partial charge in [0.15, 0.2) is 0 Å². The second kappa shape index (κ2) is 4.77. The Bertz CT molecular complexity index is 323. The van der Waals surface area contributed by atoms with Gasteiger partial charge in [0.25, 0.3) is 0 Å². The molecule has 1 aliphatic carbocycles. The smallest absolute Gasteiger partial charge is 0.227 e. The third kappa shape index (κ3) is 2.38. The summed E-state index contributed by atoms with van der Waals surface area (Å²) in [6.45, 7) is 0.627. The lowest BCUT2D eigenvalue weighted by Gasteiger charge is -2.16. The molecular weight excluding hydrogens is 208 g/mol. The summed E-state index contributed by atoms with van der Waals surface area (Å²) in [5, 5.41) is 6.86. The van der Waals surface area contributed by atoms with Crippen molar-refractivity contribution in [3.63, 3.8) is 0 Å². The molecule has 1 saturated carbocycles. The molecule has 2 atom stereocenters. The normalized spacial score (nSPS) is 25.4. The number of nitrogens with one attached hydrogen (secondary N) is 1. The largest absolute Gasteiger partial charge is 0.330 e. The van der Waals surface area contributed by atoms with E-state index >= 15 is 0 Å². The van der Waals surface area contributed by atoms with Gasteiger partial charge in [-0.05, 0) is 36.8 Å². The Balaban J connectivity index is 1.96. The van der Waals surface area contributed by atoms with Gasteiger partial charge in [-0.25, -0.2) is 0 Å². The van der Waals surface area contributed by atoms with Crippen molar-refractivity contribution in [2.45, 2.75) is 19.3 Å². The van der Waals surface area contributed by atoms with Crippen LogP contribution in [0.1, 0.15) is 19.3 Å². The number of carbonyl (C=O) groups excluding carboxylic acids is 1. The summed E-state index contributed by atoms with van der Waals surface area (Å²) in [4.78, 5) is 11.9. The number of rotatable bonds is 3. The first-order valence-corrected chi connectivity index (χ1v) is 6.28. The molecule has 82 valence electrons. The van der Waals surface area contributed by atoms with E-state index < -0.39 is 0 Å². The van der Waals surface area contributed by atoms with Gasteiger partial charge in [-0.1, -0.05) is 6.42 Å². The summed E-state index contributed by atoms with van der Waals surface area (Å²) in [5.41, 5.74) is 6.57. The maximum absolute atomic E-state index is 11.9. The molecule has 0 radical (unpaired) electrons. The van der Waals surface area contributed by atoms with Crippen LogP contribution in [0, 0.1) is 11.8 Å². The summed E-state index contributed by atoms with van der Waals surface area (Å²) in [6.07, 6.45) is 3.21. The maximum atomic E-state index is 11.9. The molecule has 0 aliphatic heterocycles. The fourth-order valence-electron chi connectivity index (χ4n) is 2.23. The van der Waals surface area contributed by atoms with Crippen LogP contribution in [0.5, 0.6) is 0 Å². The van der Waals surface area contributed by atoms with Gasteiger partial charge in [0.05, 0.1) is 5.69 Å². The monoisotopic (exact) mass is 224 g/mol. The zero-order valence-corrected chi connectivity index (χ0v) is 9.43. The Morgan fingerprint density at radius 1 is 1.60 bits per heavy atom. The number of nitrogens with two attached hydrogens (primary N) is 1. The van der Waals surface area contributed by atoms with Crippen molar-refractivity contribution < 1.29 is 4.79 Å². The molecule has 1 aromatic heterocycles. The predicted octanol–water partition coefficient (Wildman–Crippen LogP) is 2.06. The van der Waals surface area contributed by atoms with Crippen LogP contribution in [-0.2, 0) is 4.79 Å². The number of anilines is 1. The van der Waals surface area contributed by atoms with Crippen LogP contribution in [0.15, 0.2) is 16.8 Å². The van der Waals surface area contributed by atoms with Gasteiger partial charge in [0, 0.05) is 11.3 Å². The van der Waals surface area contributed by atoms with Gasteiger partial charge in [-0.2, -0.15) is 11.3 Å². The molecule has 3 N–H and O–H groups in total. The summed E-state index contributed by atoms with van der Waals surface area (Å²) in [5.74, 6) is 0.639. The Labute approximate surface area is 93.7 Å². The first-order chi connectivity index (χ1) is 7.31. The quantitative estimate of drug-likeness (QED) is 0.825. The van der Waals surface area contributed by atoms with Crippen LogP contribution in [0.4, 0.5) is 5.69 Å². The van der Waals surface area contributed by atoms with Crippen LogP contribution >= 0.6 is 11.3 Å². The predicted molar refractivity (Wildman–Crippen MR) is 62.8 cm³/mol. The van der Waals surface area contributed by atoms with E-state index in [1.165, 1.54) is 0 Å². The minimum atomic E-state index is 0.120. The van der Waals surface area contributed by atoms with E-state index in [4.69, 9.17) is 5.73 Å². The maximum Gasteiger partial charge on any atom is 0.227 e. The van der Waals surface area contributed by atoms with E-state index in [0.29, 0.717) is 12.5 Å². The Hall–Kier alpha value is -0.870. The van der Waals surface area contributed by atoms with Crippen molar-refractivity contribution >= 4 is 22.9 Å². The lowest BCUT2D eigenvalue weighted by atomic mass is 9.95. The minimum absolute atomic E-state index is 0.120. The van der Waals surface area contributed by atoms with E-state index in [2.05, 4.69) is 5.32 Å². The number of amides is 1. The molecule has 4 heteroatoms. The first kappa shape index (κ1) is 10.6. The fraction of sp³-hybridized carbons (Fsp3) is 0.545.